The van der Waals surface area contributed by atoms with Gasteiger partial charge in [0.2, 0.25) is 0 Å². The van der Waals surface area contributed by atoms with Gasteiger partial charge in [0.15, 0.2) is 0 Å². The normalized spacial score (nSPS) is 26.9. The minimum atomic E-state index is -0.142. The van der Waals surface area contributed by atoms with Crippen LogP contribution < -0.4 is 5.32 Å². The van der Waals surface area contributed by atoms with Gasteiger partial charge >= 0.3 is 0 Å². The van der Waals surface area contributed by atoms with Crippen LogP contribution in [-0.4, -0.2) is 37.1 Å². The van der Waals surface area contributed by atoms with Crippen LogP contribution in [0.2, 0.25) is 0 Å². The van der Waals surface area contributed by atoms with Crippen molar-refractivity contribution in [3.05, 3.63) is 35.6 Å². The van der Waals surface area contributed by atoms with Crippen molar-refractivity contribution < 1.29 is 4.39 Å². The third-order valence-electron chi connectivity index (χ3n) is 3.41. The quantitative estimate of drug-likeness (QED) is 0.818. The van der Waals surface area contributed by atoms with E-state index in [9.17, 15) is 4.39 Å². The minimum Gasteiger partial charge on any atom is -0.311 e. The molecule has 0 amide bonds. The van der Waals surface area contributed by atoms with Crippen LogP contribution >= 0.6 is 0 Å². The molecule has 0 aliphatic carbocycles. The Hall–Kier alpha value is -0.930. The van der Waals surface area contributed by atoms with Gasteiger partial charge in [-0.25, -0.2) is 4.39 Å². The van der Waals surface area contributed by atoms with Crippen molar-refractivity contribution in [1.82, 2.24) is 10.2 Å². The minimum absolute atomic E-state index is 0.142. The highest BCUT2D eigenvalue weighted by atomic mass is 19.1. The predicted octanol–water partition coefficient (Wildman–Crippen LogP) is 1.66. The average molecular weight is 222 g/mol. The molecule has 1 aliphatic heterocycles. The van der Waals surface area contributed by atoms with Gasteiger partial charge in [-0.2, -0.15) is 0 Å². The maximum Gasteiger partial charge on any atom is 0.123 e. The number of nitrogens with zero attached hydrogens (tertiary/aromatic N) is 1. The van der Waals surface area contributed by atoms with Gasteiger partial charge in [-0.1, -0.05) is 12.1 Å². The number of benzene rings is 1. The van der Waals surface area contributed by atoms with Crippen LogP contribution in [0, 0.1) is 5.82 Å². The third kappa shape index (κ3) is 2.60. The van der Waals surface area contributed by atoms with E-state index in [2.05, 4.69) is 24.2 Å². The first-order valence-electron chi connectivity index (χ1n) is 5.85. The largest absolute Gasteiger partial charge is 0.311 e. The van der Waals surface area contributed by atoms with E-state index in [1.807, 2.05) is 6.07 Å². The highest BCUT2D eigenvalue weighted by molar-refractivity contribution is 5.18. The van der Waals surface area contributed by atoms with E-state index in [4.69, 9.17) is 0 Å². The van der Waals surface area contributed by atoms with Gasteiger partial charge in [0.05, 0.1) is 0 Å². The zero-order chi connectivity index (χ0) is 11.5. The lowest BCUT2D eigenvalue weighted by atomic mass is 9.97. The van der Waals surface area contributed by atoms with Crippen LogP contribution in [0.4, 0.5) is 4.39 Å². The molecule has 16 heavy (non-hydrogen) atoms. The highest BCUT2D eigenvalue weighted by Crippen LogP contribution is 2.14. The highest BCUT2D eigenvalue weighted by Gasteiger charge is 2.25. The van der Waals surface area contributed by atoms with Gasteiger partial charge in [0, 0.05) is 25.2 Å². The molecule has 1 fully saturated rings. The molecule has 1 heterocycles. The maximum atomic E-state index is 13.1. The molecule has 1 aromatic rings. The van der Waals surface area contributed by atoms with Crippen LogP contribution in [0.1, 0.15) is 12.5 Å². The lowest BCUT2D eigenvalue weighted by molar-refractivity contribution is 0.157. The SMILES string of the molecule is CC1NCCN(C)C1Cc1cccc(F)c1. The zero-order valence-corrected chi connectivity index (χ0v) is 9.91. The third-order valence-corrected chi connectivity index (χ3v) is 3.41. The molecule has 88 valence electrons. The molecule has 2 unspecified atom stereocenters. The van der Waals surface area contributed by atoms with Crippen molar-refractivity contribution in [2.24, 2.45) is 0 Å². The van der Waals surface area contributed by atoms with E-state index in [0.29, 0.717) is 12.1 Å². The Bertz CT molecular complexity index is 344. The number of piperazine rings is 1. The molecule has 0 radical (unpaired) electrons. The van der Waals surface area contributed by atoms with Crippen molar-refractivity contribution in [2.75, 3.05) is 20.1 Å². The summed E-state index contributed by atoms with van der Waals surface area (Å²) in [7, 11) is 2.14. The first-order chi connectivity index (χ1) is 7.66. The standard InChI is InChI=1S/C13H19FN2/c1-10-13(16(2)7-6-15-10)9-11-4-3-5-12(14)8-11/h3-5,8,10,13,15H,6-7,9H2,1-2H3. The number of halogens is 1. The van der Waals surface area contributed by atoms with Gasteiger partial charge in [0.25, 0.3) is 0 Å². The Kier molecular flexibility index (Phi) is 3.56. The molecule has 2 nitrogen and oxygen atoms in total. The Morgan fingerprint density at radius 2 is 2.31 bits per heavy atom. The van der Waals surface area contributed by atoms with E-state index < -0.39 is 0 Å². The Morgan fingerprint density at radius 1 is 1.50 bits per heavy atom. The fraction of sp³-hybridized carbons (Fsp3) is 0.538. The molecule has 1 aromatic carbocycles. The molecule has 1 N–H and O–H groups in total. The number of hydrogen-bond donors (Lipinski definition) is 1. The number of likely N-dealkylation sites (N-methyl/N-ethyl adjacent to an activating group) is 1. The van der Waals surface area contributed by atoms with Gasteiger partial charge in [0.1, 0.15) is 5.82 Å². The van der Waals surface area contributed by atoms with E-state index in [1.54, 1.807) is 12.1 Å². The molecule has 0 spiro atoms. The molecule has 2 rings (SSSR count). The smallest absolute Gasteiger partial charge is 0.123 e. The van der Waals surface area contributed by atoms with Crippen LogP contribution in [-0.2, 0) is 6.42 Å². The van der Waals surface area contributed by atoms with Crippen molar-refractivity contribution >= 4 is 0 Å². The fourth-order valence-electron chi connectivity index (χ4n) is 2.39. The molecule has 2 atom stereocenters. The van der Waals surface area contributed by atoms with Gasteiger partial charge < -0.3 is 10.2 Å². The molecule has 0 aromatic heterocycles. The molecule has 0 bridgehead atoms. The second kappa shape index (κ2) is 4.93. The van der Waals surface area contributed by atoms with Gasteiger partial charge in [-0.15, -0.1) is 0 Å². The van der Waals surface area contributed by atoms with E-state index in [1.165, 1.54) is 6.07 Å². The lowest BCUT2D eigenvalue weighted by Crippen LogP contribution is -2.55. The Labute approximate surface area is 96.5 Å². The summed E-state index contributed by atoms with van der Waals surface area (Å²) in [4.78, 5) is 2.35. The predicted molar refractivity (Wildman–Crippen MR) is 64.0 cm³/mol. The van der Waals surface area contributed by atoms with Crippen LogP contribution in [0.5, 0.6) is 0 Å². The van der Waals surface area contributed by atoms with Gasteiger partial charge in [-0.05, 0) is 38.1 Å². The molecular weight excluding hydrogens is 203 g/mol. The van der Waals surface area contributed by atoms with E-state index in [0.717, 1.165) is 25.1 Å². The molecule has 1 saturated heterocycles. The number of rotatable bonds is 2. The molecular formula is C13H19FN2. The molecule has 0 saturated carbocycles. The average Bonchev–Trinajstić information content (AvgIpc) is 2.24. The number of hydrogen-bond acceptors (Lipinski definition) is 2. The van der Waals surface area contributed by atoms with Crippen LogP contribution in [0.15, 0.2) is 24.3 Å². The van der Waals surface area contributed by atoms with Crippen LogP contribution in [0.3, 0.4) is 0 Å². The first kappa shape index (κ1) is 11.6. The summed E-state index contributed by atoms with van der Waals surface area (Å²) >= 11 is 0. The fourth-order valence-corrected chi connectivity index (χ4v) is 2.39. The summed E-state index contributed by atoms with van der Waals surface area (Å²) in [5, 5.41) is 3.46. The topological polar surface area (TPSA) is 15.3 Å². The van der Waals surface area contributed by atoms with Gasteiger partial charge in [-0.3, -0.25) is 0 Å². The first-order valence-corrected chi connectivity index (χ1v) is 5.85. The molecule has 3 heteroatoms. The van der Waals surface area contributed by atoms with Crippen LogP contribution in [0.25, 0.3) is 0 Å². The van der Waals surface area contributed by atoms with Crippen molar-refractivity contribution in [3.8, 4) is 0 Å². The van der Waals surface area contributed by atoms with Crippen molar-refractivity contribution in [2.45, 2.75) is 25.4 Å². The Morgan fingerprint density at radius 3 is 3.00 bits per heavy atom. The summed E-state index contributed by atoms with van der Waals surface area (Å²) in [5.74, 6) is -0.142. The Balaban J connectivity index is 2.07. The second-order valence-corrected chi connectivity index (χ2v) is 4.62. The van der Waals surface area contributed by atoms with E-state index in [-0.39, 0.29) is 5.82 Å². The van der Waals surface area contributed by atoms with Crippen molar-refractivity contribution in [3.63, 3.8) is 0 Å². The van der Waals surface area contributed by atoms with E-state index >= 15 is 0 Å². The zero-order valence-electron chi connectivity index (χ0n) is 9.91. The lowest BCUT2D eigenvalue weighted by Gasteiger charge is -2.38. The van der Waals surface area contributed by atoms with Crippen molar-refractivity contribution in [1.29, 1.82) is 0 Å². The summed E-state index contributed by atoms with van der Waals surface area (Å²) in [5.41, 5.74) is 1.08. The summed E-state index contributed by atoms with van der Waals surface area (Å²) in [6.07, 6.45) is 0.905. The number of nitrogens with one attached hydrogen (secondary N) is 1. The second-order valence-electron chi connectivity index (χ2n) is 4.62. The summed E-state index contributed by atoms with van der Waals surface area (Å²) < 4.78 is 13.1. The summed E-state index contributed by atoms with van der Waals surface area (Å²) in [6, 6.07) is 7.83. The monoisotopic (exact) mass is 222 g/mol. The maximum absolute atomic E-state index is 13.1. The summed E-state index contributed by atoms with van der Waals surface area (Å²) in [6.45, 7) is 4.29. The molecule has 1 aliphatic rings.